The second-order valence-electron chi connectivity index (χ2n) is 6.96. The molecule has 0 radical (unpaired) electrons. The Bertz CT molecular complexity index is 1220. The van der Waals surface area contributed by atoms with Crippen molar-refractivity contribution in [2.24, 2.45) is 0 Å². The zero-order valence-electron chi connectivity index (χ0n) is 15.6. The van der Waals surface area contributed by atoms with E-state index in [4.69, 9.17) is 0 Å². The number of alkyl halides is 2. The minimum absolute atomic E-state index is 0.280. The van der Waals surface area contributed by atoms with Crippen LogP contribution >= 0.6 is 0 Å². The molecule has 1 N–H and O–H groups in total. The SMILES string of the molecule is Cc1ccc2nc(C(F)(F)C(O)(Cn3cnnn3)c3ccc(F)cc3F)ccc2c1. The Balaban J connectivity index is 1.89. The molecule has 0 fully saturated rings. The Labute approximate surface area is 167 Å². The Hall–Kier alpha value is -3.40. The summed E-state index contributed by atoms with van der Waals surface area (Å²) in [6, 6.07) is 9.55. The van der Waals surface area contributed by atoms with Crippen molar-refractivity contribution in [3.8, 4) is 0 Å². The van der Waals surface area contributed by atoms with Gasteiger partial charge in [-0.2, -0.15) is 8.78 Å². The van der Waals surface area contributed by atoms with Crippen LogP contribution in [-0.4, -0.2) is 30.3 Å². The summed E-state index contributed by atoms with van der Waals surface area (Å²) in [6.07, 6.45) is 0.999. The normalized spacial score (nSPS) is 14.1. The van der Waals surface area contributed by atoms with Crippen LogP contribution in [0.5, 0.6) is 0 Å². The smallest absolute Gasteiger partial charge is 0.323 e. The predicted octanol–water partition coefficient (Wildman–Crippen LogP) is 3.49. The second-order valence-corrected chi connectivity index (χ2v) is 6.96. The summed E-state index contributed by atoms with van der Waals surface area (Å²) in [4.78, 5) is 3.99. The lowest BCUT2D eigenvalue weighted by Crippen LogP contribution is -2.48. The molecule has 2 heterocycles. The molecule has 10 heteroatoms. The second kappa shape index (κ2) is 7.13. The van der Waals surface area contributed by atoms with Gasteiger partial charge in [0.2, 0.25) is 0 Å². The number of aromatic nitrogens is 5. The largest absolute Gasteiger partial charge is 0.377 e. The highest BCUT2D eigenvalue weighted by molar-refractivity contribution is 5.79. The van der Waals surface area contributed by atoms with Gasteiger partial charge >= 0.3 is 5.92 Å². The molecule has 0 spiro atoms. The van der Waals surface area contributed by atoms with Crippen molar-refractivity contribution in [2.75, 3.05) is 0 Å². The fraction of sp³-hybridized carbons (Fsp3) is 0.200. The number of aryl methyl sites for hydroxylation is 1. The quantitative estimate of drug-likeness (QED) is 0.503. The number of rotatable bonds is 5. The molecule has 0 saturated carbocycles. The molecular weight excluding hydrogens is 402 g/mol. The van der Waals surface area contributed by atoms with E-state index >= 15 is 8.78 Å². The number of hydrogen-bond donors (Lipinski definition) is 1. The molecule has 1 unspecified atom stereocenters. The minimum Gasteiger partial charge on any atom is -0.377 e. The number of nitrogens with zero attached hydrogens (tertiary/aromatic N) is 5. The van der Waals surface area contributed by atoms with E-state index in [1.807, 2.05) is 6.92 Å². The lowest BCUT2D eigenvalue weighted by Gasteiger charge is -2.35. The fourth-order valence-corrected chi connectivity index (χ4v) is 3.30. The Morgan fingerprint density at radius 1 is 1.03 bits per heavy atom. The average Bonchev–Trinajstić information content (AvgIpc) is 3.20. The maximum atomic E-state index is 15.7. The van der Waals surface area contributed by atoms with Crippen LogP contribution in [0.3, 0.4) is 0 Å². The van der Waals surface area contributed by atoms with Gasteiger partial charge in [0.15, 0.2) is 5.60 Å². The van der Waals surface area contributed by atoms with Gasteiger partial charge < -0.3 is 5.11 Å². The highest BCUT2D eigenvalue weighted by Crippen LogP contribution is 2.47. The number of benzene rings is 2. The van der Waals surface area contributed by atoms with E-state index in [0.717, 1.165) is 34.8 Å². The number of aliphatic hydroxyl groups is 1. The fourth-order valence-electron chi connectivity index (χ4n) is 3.30. The van der Waals surface area contributed by atoms with Crippen LogP contribution in [0.15, 0.2) is 54.9 Å². The van der Waals surface area contributed by atoms with E-state index in [9.17, 15) is 13.9 Å². The van der Waals surface area contributed by atoms with Crippen molar-refractivity contribution in [3.05, 3.63) is 83.3 Å². The summed E-state index contributed by atoms with van der Waals surface area (Å²) in [5.41, 5.74) is -3.55. The summed E-state index contributed by atoms with van der Waals surface area (Å²) in [7, 11) is 0. The standard InChI is InChI=1S/C20H15F4N5O/c1-12-2-6-17-13(8-12)3-7-18(26-17)20(23,24)19(30,10-29-11-25-27-28-29)15-5-4-14(21)9-16(15)22/h2-9,11,30H,10H2,1H3. The summed E-state index contributed by atoms with van der Waals surface area (Å²) >= 11 is 0. The van der Waals surface area contributed by atoms with E-state index in [0.29, 0.717) is 11.5 Å². The number of hydrogen-bond acceptors (Lipinski definition) is 5. The first-order valence-electron chi connectivity index (χ1n) is 8.85. The average molecular weight is 417 g/mol. The van der Waals surface area contributed by atoms with Crippen molar-refractivity contribution in [2.45, 2.75) is 25.0 Å². The van der Waals surface area contributed by atoms with E-state index < -0.39 is 41.0 Å². The molecule has 1 atom stereocenters. The van der Waals surface area contributed by atoms with Crippen molar-refractivity contribution in [1.82, 2.24) is 25.2 Å². The van der Waals surface area contributed by atoms with Crippen LogP contribution in [0.2, 0.25) is 0 Å². The predicted molar refractivity (Wildman–Crippen MR) is 98.4 cm³/mol. The van der Waals surface area contributed by atoms with Gasteiger partial charge in [-0.3, -0.25) is 0 Å². The van der Waals surface area contributed by atoms with Crippen LogP contribution in [0.4, 0.5) is 17.6 Å². The Morgan fingerprint density at radius 3 is 2.53 bits per heavy atom. The third-order valence-electron chi connectivity index (χ3n) is 4.84. The molecule has 30 heavy (non-hydrogen) atoms. The van der Waals surface area contributed by atoms with E-state index in [1.54, 1.807) is 18.2 Å². The van der Waals surface area contributed by atoms with Crippen LogP contribution in [0, 0.1) is 18.6 Å². The third kappa shape index (κ3) is 3.28. The minimum atomic E-state index is -4.09. The third-order valence-corrected chi connectivity index (χ3v) is 4.84. The molecule has 0 saturated heterocycles. The van der Waals surface area contributed by atoms with Crippen molar-refractivity contribution in [3.63, 3.8) is 0 Å². The molecule has 2 aromatic carbocycles. The molecule has 154 valence electrons. The molecule has 4 rings (SSSR count). The lowest BCUT2D eigenvalue weighted by atomic mass is 9.84. The van der Waals surface area contributed by atoms with Crippen molar-refractivity contribution in [1.29, 1.82) is 0 Å². The molecule has 2 aromatic heterocycles. The van der Waals surface area contributed by atoms with Crippen LogP contribution in [-0.2, 0) is 18.1 Å². The van der Waals surface area contributed by atoms with E-state index in [1.165, 1.54) is 6.07 Å². The van der Waals surface area contributed by atoms with Crippen molar-refractivity contribution >= 4 is 10.9 Å². The first-order chi connectivity index (χ1) is 14.2. The number of pyridine rings is 1. The van der Waals surface area contributed by atoms with Gasteiger partial charge in [0.05, 0.1) is 12.1 Å². The monoisotopic (exact) mass is 417 g/mol. The summed E-state index contributed by atoms with van der Waals surface area (Å²) in [6.45, 7) is 0.952. The Morgan fingerprint density at radius 2 is 1.83 bits per heavy atom. The Kier molecular flexibility index (Phi) is 4.73. The molecule has 0 aliphatic carbocycles. The maximum absolute atomic E-state index is 15.7. The van der Waals surface area contributed by atoms with Gasteiger partial charge in [0.25, 0.3) is 0 Å². The highest BCUT2D eigenvalue weighted by atomic mass is 19.3. The molecular formula is C20H15F4N5O. The van der Waals surface area contributed by atoms with E-state index in [-0.39, 0.29) is 5.52 Å². The first kappa shape index (κ1) is 19.9. The van der Waals surface area contributed by atoms with Crippen LogP contribution < -0.4 is 0 Å². The van der Waals surface area contributed by atoms with E-state index in [2.05, 4.69) is 20.5 Å². The first-order valence-corrected chi connectivity index (χ1v) is 8.85. The molecule has 4 aromatic rings. The number of halogens is 4. The van der Waals surface area contributed by atoms with Gasteiger partial charge in [-0.05, 0) is 47.7 Å². The maximum Gasteiger partial charge on any atom is 0.323 e. The molecule has 0 amide bonds. The van der Waals surface area contributed by atoms with Gasteiger partial charge in [-0.25, -0.2) is 18.4 Å². The summed E-state index contributed by atoms with van der Waals surface area (Å²) < 4.78 is 60.1. The summed E-state index contributed by atoms with van der Waals surface area (Å²) in [5, 5.41) is 22.0. The topological polar surface area (TPSA) is 76.7 Å². The molecule has 0 aliphatic heterocycles. The molecule has 0 aliphatic rings. The molecule has 0 bridgehead atoms. The zero-order valence-corrected chi connectivity index (χ0v) is 15.6. The zero-order chi connectivity index (χ0) is 21.5. The highest BCUT2D eigenvalue weighted by Gasteiger charge is 2.58. The van der Waals surface area contributed by atoms with Gasteiger partial charge in [0.1, 0.15) is 23.7 Å². The lowest BCUT2D eigenvalue weighted by molar-refractivity contribution is -0.207. The summed E-state index contributed by atoms with van der Waals surface area (Å²) in [5.74, 6) is -6.39. The van der Waals surface area contributed by atoms with Crippen LogP contribution in [0.1, 0.15) is 16.8 Å². The van der Waals surface area contributed by atoms with Crippen molar-refractivity contribution < 1.29 is 22.7 Å². The van der Waals surface area contributed by atoms with Gasteiger partial charge in [-0.15, -0.1) is 5.10 Å². The van der Waals surface area contributed by atoms with Gasteiger partial charge in [-0.1, -0.05) is 17.7 Å². The number of tetrazole rings is 1. The van der Waals surface area contributed by atoms with Crippen LogP contribution in [0.25, 0.3) is 10.9 Å². The number of fused-ring (bicyclic) bond motifs is 1. The molecule has 6 nitrogen and oxygen atoms in total. The van der Waals surface area contributed by atoms with Gasteiger partial charge in [0, 0.05) is 17.0 Å².